The highest BCUT2D eigenvalue weighted by molar-refractivity contribution is 5.31. The van der Waals surface area contributed by atoms with Gasteiger partial charge in [-0.15, -0.1) is 0 Å². The number of aromatic amines is 1. The van der Waals surface area contributed by atoms with Gasteiger partial charge in [-0.05, 0) is 42.2 Å². The second kappa shape index (κ2) is 4.08. The summed E-state index contributed by atoms with van der Waals surface area (Å²) in [6, 6.07) is 2.13. The Kier molecular flexibility index (Phi) is 2.92. The van der Waals surface area contributed by atoms with Gasteiger partial charge in [0.2, 0.25) is 0 Å². The van der Waals surface area contributed by atoms with Crippen LogP contribution in [0.1, 0.15) is 62.8 Å². The number of rotatable bonds is 1. The van der Waals surface area contributed by atoms with Gasteiger partial charge >= 0.3 is 0 Å². The molecule has 1 aromatic heterocycles. The summed E-state index contributed by atoms with van der Waals surface area (Å²) in [6.45, 7) is 8.65. The van der Waals surface area contributed by atoms with Gasteiger partial charge in [0.15, 0.2) is 0 Å². The monoisotopic (exact) mass is 219 g/mol. The highest BCUT2D eigenvalue weighted by atomic mass is 16.1. The first-order valence-electron chi connectivity index (χ1n) is 6.25. The SMILES string of the molecule is CC1Cc2cc(C(C)C)c(=O)[nH]c2C(C)C1. The van der Waals surface area contributed by atoms with Gasteiger partial charge in [0.25, 0.3) is 5.56 Å². The minimum atomic E-state index is 0.107. The van der Waals surface area contributed by atoms with Gasteiger partial charge in [0.1, 0.15) is 0 Å². The number of H-pyrrole nitrogens is 1. The van der Waals surface area contributed by atoms with Crippen LogP contribution in [0.5, 0.6) is 0 Å². The van der Waals surface area contributed by atoms with Crippen molar-refractivity contribution in [1.82, 2.24) is 4.98 Å². The average Bonchev–Trinajstić information content (AvgIpc) is 2.18. The highest BCUT2D eigenvalue weighted by Gasteiger charge is 2.23. The Morgan fingerprint density at radius 3 is 2.69 bits per heavy atom. The molecule has 16 heavy (non-hydrogen) atoms. The zero-order valence-corrected chi connectivity index (χ0v) is 10.6. The third-order valence-corrected chi connectivity index (χ3v) is 3.63. The summed E-state index contributed by atoms with van der Waals surface area (Å²) in [5.41, 5.74) is 3.57. The van der Waals surface area contributed by atoms with E-state index in [0.717, 1.165) is 17.9 Å². The number of hydrogen-bond donors (Lipinski definition) is 1. The molecule has 1 aromatic rings. The Labute approximate surface area is 97.1 Å². The van der Waals surface area contributed by atoms with E-state index in [1.165, 1.54) is 17.7 Å². The maximum Gasteiger partial charge on any atom is 0.251 e. The predicted molar refractivity (Wildman–Crippen MR) is 67.1 cm³/mol. The quantitative estimate of drug-likeness (QED) is 0.773. The maximum absolute atomic E-state index is 11.9. The van der Waals surface area contributed by atoms with Crippen LogP contribution >= 0.6 is 0 Å². The van der Waals surface area contributed by atoms with E-state index in [9.17, 15) is 4.79 Å². The molecule has 1 aliphatic carbocycles. The predicted octanol–water partition coefficient (Wildman–Crippen LogP) is 3.18. The van der Waals surface area contributed by atoms with Gasteiger partial charge in [-0.3, -0.25) is 4.79 Å². The van der Waals surface area contributed by atoms with Crippen LogP contribution in [0.15, 0.2) is 10.9 Å². The summed E-state index contributed by atoms with van der Waals surface area (Å²) in [6.07, 6.45) is 2.29. The number of fused-ring (bicyclic) bond motifs is 1. The molecule has 1 N–H and O–H groups in total. The van der Waals surface area contributed by atoms with Crippen LogP contribution in [-0.2, 0) is 6.42 Å². The Hall–Kier alpha value is -1.05. The lowest BCUT2D eigenvalue weighted by Crippen LogP contribution is -2.24. The molecular formula is C14H21NO. The molecule has 0 fully saturated rings. The molecule has 0 amide bonds. The van der Waals surface area contributed by atoms with Gasteiger partial charge in [0.05, 0.1) is 0 Å². The van der Waals surface area contributed by atoms with E-state index in [2.05, 4.69) is 38.7 Å². The standard InChI is InChI=1S/C14H21NO/c1-8(2)12-7-11-6-9(3)5-10(4)13(11)15-14(12)16/h7-10H,5-6H2,1-4H3,(H,15,16). The van der Waals surface area contributed by atoms with Crippen molar-refractivity contribution in [3.63, 3.8) is 0 Å². The molecule has 1 aliphatic rings. The topological polar surface area (TPSA) is 32.9 Å². The van der Waals surface area contributed by atoms with Crippen LogP contribution in [-0.4, -0.2) is 4.98 Å². The number of pyridine rings is 1. The van der Waals surface area contributed by atoms with E-state index >= 15 is 0 Å². The normalized spacial score (nSPS) is 24.6. The lowest BCUT2D eigenvalue weighted by atomic mass is 9.80. The van der Waals surface area contributed by atoms with Gasteiger partial charge in [-0.2, -0.15) is 0 Å². The second-order valence-electron chi connectivity index (χ2n) is 5.59. The summed E-state index contributed by atoms with van der Waals surface area (Å²) in [5.74, 6) is 1.53. The molecule has 1 heterocycles. The van der Waals surface area contributed by atoms with E-state index < -0.39 is 0 Å². The molecule has 0 saturated carbocycles. The van der Waals surface area contributed by atoms with E-state index in [1.54, 1.807) is 0 Å². The van der Waals surface area contributed by atoms with Crippen molar-refractivity contribution in [2.45, 2.75) is 52.4 Å². The molecule has 0 radical (unpaired) electrons. The van der Waals surface area contributed by atoms with Crippen molar-refractivity contribution in [2.75, 3.05) is 0 Å². The Bertz CT molecular complexity index is 445. The van der Waals surface area contributed by atoms with Crippen molar-refractivity contribution in [3.05, 3.63) is 33.2 Å². The van der Waals surface area contributed by atoms with Gasteiger partial charge in [0, 0.05) is 11.3 Å². The van der Waals surface area contributed by atoms with Crippen LogP contribution in [0.4, 0.5) is 0 Å². The zero-order valence-electron chi connectivity index (χ0n) is 10.6. The highest BCUT2D eigenvalue weighted by Crippen LogP contribution is 2.33. The van der Waals surface area contributed by atoms with Crippen LogP contribution < -0.4 is 5.56 Å². The van der Waals surface area contributed by atoms with Crippen molar-refractivity contribution >= 4 is 0 Å². The van der Waals surface area contributed by atoms with Crippen LogP contribution in [0, 0.1) is 5.92 Å². The minimum Gasteiger partial charge on any atom is -0.325 e. The van der Waals surface area contributed by atoms with E-state index in [1.807, 2.05) is 0 Å². The third-order valence-electron chi connectivity index (χ3n) is 3.63. The van der Waals surface area contributed by atoms with E-state index in [-0.39, 0.29) is 5.56 Å². The first-order chi connectivity index (χ1) is 7.49. The summed E-state index contributed by atoms with van der Waals surface area (Å²) in [4.78, 5) is 15.0. The number of nitrogens with one attached hydrogen (secondary N) is 1. The number of hydrogen-bond acceptors (Lipinski definition) is 1. The fourth-order valence-electron chi connectivity index (χ4n) is 2.82. The minimum absolute atomic E-state index is 0.107. The largest absolute Gasteiger partial charge is 0.325 e. The molecule has 2 rings (SSSR count). The van der Waals surface area contributed by atoms with Crippen LogP contribution in [0.25, 0.3) is 0 Å². The molecule has 2 nitrogen and oxygen atoms in total. The third kappa shape index (κ3) is 1.93. The molecule has 0 saturated heterocycles. The lowest BCUT2D eigenvalue weighted by molar-refractivity contribution is 0.439. The summed E-state index contributed by atoms with van der Waals surface area (Å²) >= 11 is 0. The number of aromatic nitrogens is 1. The molecular weight excluding hydrogens is 198 g/mol. The summed E-state index contributed by atoms with van der Waals surface area (Å²) in [5, 5.41) is 0. The first kappa shape index (κ1) is 11.4. The average molecular weight is 219 g/mol. The zero-order chi connectivity index (χ0) is 11.9. The summed E-state index contributed by atoms with van der Waals surface area (Å²) in [7, 11) is 0. The summed E-state index contributed by atoms with van der Waals surface area (Å²) < 4.78 is 0. The molecule has 0 aromatic carbocycles. The van der Waals surface area contributed by atoms with E-state index in [0.29, 0.717) is 11.8 Å². The Morgan fingerprint density at radius 2 is 2.06 bits per heavy atom. The molecule has 2 atom stereocenters. The molecule has 2 unspecified atom stereocenters. The molecule has 2 heteroatoms. The molecule has 0 aliphatic heterocycles. The van der Waals surface area contributed by atoms with Gasteiger partial charge < -0.3 is 4.98 Å². The van der Waals surface area contributed by atoms with Crippen molar-refractivity contribution in [2.24, 2.45) is 5.92 Å². The lowest BCUT2D eigenvalue weighted by Gasteiger charge is -2.27. The maximum atomic E-state index is 11.9. The molecule has 88 valence electrons. The van der Waals surface area contributed by atoms with Crippen LogP contribution in [0.2, 0.25) is 0 Å². The van der Waals surface area contributed by atoms with Crippen molar-refractivity contribution < 1.29 is 0 Å². The van der Waals surface area contributed by atoms with Gasteiger partial charge in [-0.25, -0.2) is 0 Å². The molecule has 0 bridgehead atoms. The van der Waals surface area contributed by atoms with E-state index in [4.69, 9.17) is 0 Å². The Balaban J connectivity index is 2.53. The van der Waals surface area contributed by atoms with Crippen molar-refractivity contribution in [3.8, 4) is 0 Å². The van der Waals surface area contributed by atoms with Crippen LogP contribution in [0.3, 0.4) is 0 Å². The Morgan fingerprint density at radius 1 is 1.38 bits per heavy atom. The van der Waals surface area contributed by atoms with Gasteiger partial charge in [-0.1, -0.05) is 27.7 Å². The smallest absolute Gasteiger partial charge is 0.251 e. The fraction of sp³-hybridized carbons (Fsp3) is 0.643. The molecule has 0 spiro atoms. The second-order valence-corrected chi connectivity index (χ2v) is 5.59. The first-order valence-corrected chi connectivity index (χ1v) is 6.25. The fourth-order valence-corrected chi connectivity index (χ4v) is 2.82. The van der Waals surface area contributed by atoms with Crippen molar-refractivity contribution in [1.29, 1.82) is 0 Å².